The molecule has 0 radical (unpaired) electrons. The molecule has 20 heavy (non-hydrogen) atoms. The van der Waals surface area contributed by atoms with Crippen LogP contribution in [0, 0.1) is 0 Å². The third-order valence-corrected chi connectivity index (χ3v) is 4.51. The summed E-state index contributed by atoms with van der Waals surface area (Å²) in [6.07, 6.45) is 6.12. The van der Waals surface area contributed by atoms with E-state index in [0.717, 1.165) is 26.3 Å². The van der Waals surface area contributed by atoms with Gasteiger partial charge in [-0.1, -0.05) is 0 Å². The van der Waals surface area contributed by atoms with Gasteiger partial charge in [0.1, 0.15) is 5.52 Å². The molecule has 0 spiro atoms. The number of fused-ring (bicyclic) bond motifs is 1. The average molecular weight is 347 g/mol. The molecule has 4 rings (SSSR count). The molecule has 0 saturated heterocycles. The van der Waals surface area contributed by atoms with E-state index in [1.807, 2.05) is 12.1 Å². The molecule has 1 N–H and O–H groups in total. The van der Waals surface area contributed by atoms with Crippen molar-refractivity contribution in [3.8, 4) is 0 Å². The summed E-state index contributed by atoms with van der Waals surface area (Å²) in [5, 5.41) is 6.43. The minimum Gasteiger partial charge on any atom is -0.330 e. The molecule has 0 atom stereocenters. The van der Waals surface area contributed by atoms with E-state index in [2.05, 4.69) is 41.6 Å². The number of aromatic nitrogens is 3. The quantitative estimate of drug-likeness (QED) is 0.760. The Hall–Kier alpha value is -1.53. The Kier molecular flexibility index (Phi) is 2.93. The SMILES string of the molecule is Brc1cnc2c(Nc3nc(C4CC4)cs3)ccnc2c1. The average Bonchev–Trinajstić information content (AvgIpc) is 3.19. The van der Waals surface area contributed by atoms with Crippen molar-refractivity contribution < 1.29 is 0 Å². The lowest BCUT2D eigenvalue weighted by atomic mass is 10.3. The van der Waals surface area contributed by atoms with Crippen molar-refractivity contribution in [2.24, 2.45) is 0 Å². The van der Waals surface area contributed by atoms with E-state index in [1.54, 1.807) is 23.7 Å². The van der Waals surface area contributed by atoms with E-state index in [4.69, 9.17) is 0 Å². The van der Waals surface area contributed by atoms with Gasteiger partial charge in [-0.3, -0.25) is 9.97 Å². The zero-order chi connectivity index (χ0) is 13.5. The minimum atomic E-state index is 0.685. The van der Waals surface area contributed by atoms with E-state index in [1.165, 1.54) is 18.5 Å². The fourth-order valence-electron chi connectivity index (χ4n) is 2.13. The number of hydrogen-bond donors (Lipinski definition) is 1. The Morgan fingerprint density at radius 3 is 3.05 bits per heavy atom. The van der Waals surface area contributed by atoms with Crippen molar-refractivity contribution in [3.05, 3.63) is 40.1 Å². The summed E-state index contributed by atoms with van der Waals surface area (Å²) in [7, 11) is 0. The highest BCUT2D eigenvalue weighted by Crippen LogP contribution is 2.41. The molecule has 0 bridgehead atoms. The van der Waals surface area contributed by atoms with Gasteiger partial charge >= 0.3 is 0 Å². The smallest absolute Gasteiger partial charge is 0.187 e. The van der Waals surface area contributed by atoms with Crippen molar-refractivity contribution in [2.45, 2.75) is 18.8 Å². The van der Waals surface area contributed by atoms with Crippen LogP contribution in [-0.2, 0) is 0 Å². The Bertz CT molecular complexity index is 782. The lowest BCUT2D eigenvalue weighted by molar-refractivity contribution is 1.05. The summed E-state index contributed by atoms with van der Waals surface area (Å²) in [4.78, 5) is 13.4. The lowest BCUT2D eigenvalue weighted by Crippen LogP contribution is -1.94. The number of nitrogens with one attached hydrogen (secondary N) is 1. The van der Waals surface area contributed by atoms with E-state index in [0.29, 0.717) is 5.92 Å². The first-order valence-electron chi connectivity index (χ1n) is 6.42. The molecule has 1 fully saturated rings. The van der Waals surface area contributed by atoms with Crippen molar-refractivity contribution in [2.75, 3.05) is 5.32 Å². The number of halogens is 1. The van der Waals surface area contributed by atoms with E-state index >= 15 is 0 Å². The summed E-state index contributed by atoms with van der Waals surface area (Å²) >= 11 is 5.06. The second-order valence-corrected chi connectivity index (χ2v) is 6.63. The number of anilines is 2. The van der Waals surface area contributed by atoms with Crippen molar-refractivity contribution >= 4 is 49.1 Å². The molecule has 1 aliphatic carbocycles. The number of pyridine rings is 2. The minimum absolute atomic E-state index is 0.685. The van der Waals surface area contributed by atoms with Crippen LogP contribution >= 0.6 is 27.3 Å². The van der Waals surface area contributed by atoms with Gasteiger partial charge < -0.3 is 5.32 Å². The van der Waals surface area contributed by atoms with Gasteiger partial charge in [-0.2, -0.15) is 0 Å². The van der Waals surface area contributed by atoms with Crippen LogP contribution in [0.25, 0.3) is 11.0 Å². The van der Waals surface area contributed by atoms with Gasteiger partial charge in [0.25, 0.3) is 0 Å². The maximum Gasteiger partial charge on any atom is 0.187 e. The first-order chi connectivity index (χ1) is 9.79. The van der Waals surface area contributed by atoms with Crippen molar-refractivity contribution in [1.82, 2.24) is 15.0 Å². The molecule has 3 aromatic heterocycles. The molecule has 0 aromatic carbocycles. The first-order valence-corrected chi connectivity index (χ1v) is 8.09. The first kappa shape index (κ1) is 12.2. The highest BCUT2D eigenvalue weighted by molar-refractivity contribution is 9.10. The number of rotatable bonds is 3. The Morgan fingerprint density at radius 1 is 1.30 bits per heavy atom. The second-order valence-electron chi connectivity index (χ2n) is 4.86. The highest BCUT2D eigenvalue weighted by Gasteiger charge is 2.26. The molecule has 3 heterocycles. The topological polar surface area (TPSA) is 50.7 Å². The fourth-order valence-corrected chi connectivity index (χ4v) is 3.26. The maximum absolute atomic E-state index is 4.64. The lowest BCUT2D eigenvalue weighted by Gasteiger charge is -2.05. The van der Waals surface area contributed by atoms with E-state index < -0.39 is 0 Å². The molecular weight excluding hydrogens is 336 g/mol. The van der Waals surface area contributed by atoms with Crippen LogP contribution < -0.4 is 5.32 Å². The van der Waals surface area contributed by atoms with Gasteiger partial charge in [0.05, 0.1) is 16.9 Å². The molecule has 4 nitrogen and oxygen atoms in total. The molecule has 0 unspecified atom stereocenters. The molecule has 100 valence electrons. The number of nitrogens with zero attached hydrogens (tertiary/aromatic N) is 3. The van der Waals surface area contributed by atoms with Gasteiger partial charge in [0, 0.05) is 28.2 Å². The molecule has 0 amide bonds. The van der Waals surface area contributed by atoms with Crippen molar-refractivity contribution in [1.29, 1.82) is 0 Å². The van der Waals surface area contributed by atoms with Crippen LogP contribution in [0.15, 0.2) is 34.4 Å². The van der Waals surface area contributed by atoms with E-state index in [-0.39, 0.29) is 0 Å². The van der Waals surface area contributed by atoms with Crippen LogP contribution in [0.3, 0.4) is 0 Å². The number of hydrogen-bond acceptors (Lipinski definition) is 5. The van der Waals surface area contributed by atoms with Crippen LogP contribution in [0.2, 0.25) is 0 Å². The van der Waals surface area contributed by atoms with Crippen LogP contribution in [0.1, 0.15) is 24.5 Å². The third kappa shape index (κ3) is 2.29. The van der Waals surface area contributed by atoms with Gasteiger partial charge in [-0.05, 0) is 40.9 Å². The molecule has 3 aromatic rings. The zero-order valence-corrected chi connectivity index (χ0v) is 12.9. The second kappa shape index (κ2) is 4.79. The van der Waals surface area contributed by atoms with E-state index in [9.17, 15) is 0 Å². The summed E-state index contributed by atoms with van der Waals surface area (Å²) < 4.78 is 0.930. The zero-order valence-electron chi connectivity index (χ0n) is 10.5. The Balaban J connectivity index is 1.70. The fraction of sp³-hybridized carbons (Fsp3) is 0.214. The molecule has 6 heteroatoms. The summed E-state index contributed by atoms with van der Waals surface area (Å²) in [6.45, 7) is 0. The van der Waals surface area contributed by atoms with Gasteiger partial charge in [0.15, 0.2) is 5.13 Å². The Labute approximate surface area is 128 Å². The largest absolute Gasteiger partial charge is 0.330 e. The highest BCUT2D eigenvalue weighted by atomic mass is 79.9. The Morgan fingerprint density at radius 2 is 2.20 bits per heavy atom. The van der Waals surface area contributed by atoms with Crippen LogP contribution in [0.5, 0.6) is 0 Å². The van der Waals surface area contributed by atoms with Gasteiger partial charge in [-0.25, -0.2) is 4.98 Å². The van der Waals surface area contributed by atoms with Crippen LogP contribution in [0.4, 0.5) is 10.8 Å². The molecule has 1 aliphatic rings. The van der Waals surface area contributed by atoms with Gasteiger partial charge in [0.2, 0.25) is 0 Å². The predicted molar refractivity (Wildman–Crippen MR) is 84.6 cm³/mol. The maximum atomic E-state index is 4.64. The summed E-state index contributed by atoms with van der Waals surface area (Å²) in [5.41, 5.74) is 3.88. The molecule has 1 saturated carbocycles. The summed E-state index contributed by atoms with van der Waals surface area (Å²) in [6, 6.07) is 3.90. The molecule has 0 aliphatic heterocycles. The summed E-state index contributed by atoms with van der Waals surface area (Å²) in [5.74, 6) is 0.685. The van der Waals surface area contributed by atoms with Gasteiger partial charge in [-0.15, -0.1) is 11.3 Å². The standard InChI is InChI=1S/C14H11BrN4S/c15-9-5-11-13(17-6-9)10(3-4-16-11)18-14-19-12(7-20-14)8-1-2-8/h3-8H,1-2H2,(H,16,18,19). The van der Waals surface area contributed by atoms with Crippen molar-refractivity contribution in [3.63, 3.8) is 0 Å². The predicted octanol–water partition coefficient (Wildman–Crippen LogP) is 4.47. The normalized spacial score (nSPS) is 14.7. The number of thiazole rings is 1. The third-order valence-electron chi connectivity index (χ3n) is 3.30. The monoisotopic (exact) mass is 346 g/mol. The molecular formula is C14H11BrN4S. The van der Waals surface area contributed by atoms with Crippen LogP contribution in [-0.4, -0.2) is 15.0 Å².